The van der Waals surface area contributed by atoms with Crippen molar-refractivity contribution in [1.29, 1.82) is 0 Å². The average Bonchev–Trinajstić information content (AvgIpc) is 2.62. The number of ether oxygens (including phenoxy) is 4. The van der Waals surface area contributed by atoms with Crippen LogP contribution in [0.3, 0.4) is 0 Å². The molecule has 0 spiro atoms. The van der Waals surface area contributed by atoms with Gasteiger partial charge in [-0.1, -0.05) is 23.2 Å². The molecule has 2 rings (SSSR count). The first-order valence-corrected chi connectivity index (χ1v) is 8.02. The van der Waals surface area contributed by atoms with Gasteiger partial charge >= 0.3 is 12.1 Å². The quantitative estimate of drug-likeness (QED) is 0.463. The van der Waals surface area contributed by atoms with E-state index in [2.05, 4.69) is 4.74 Å². The molecule has 5 nitrogen and oxygen atoms in total. The number of esters is 1. The summed E-state index contributed by atoms with van der Waals surface area (Å²) in [5, 5.41) is -0.0848. The van der Waals surface area contributed by atoms with Crippen molar-refractivity contribution in [3.05, 3.63) is 52.0 Å². The number of hydrogen-bond acceptors (Lipinski definition) is 5. The van der Waals surface area contributed by atoms with E-state index in [9.17, 15) is 18.0 Å². The van der Waals surface area contributed by atoms with Crippen LogP contribution in [0.4, 0.5) is 13.2 Å². The minimum absolute atomic E-state index is 0.00537. The van der Waals surface area contributed by atoms with Gasteiger partial charge in [0, 0.05) is 13.2 Å². The molecule has 0 heterocycles. The maximum absolute atomic E-state index is 12.7. The van der Waals surface area contributed by atoms with Crippen molar-refractivity contribution in [2.45, 2.75) is 12.5 Å². The van der Waals surface area contributed by atoms with Gasteiger partial charge in [-0.25, -0.2) is 4.79 Å². The van der Waals surface area contributed by atoms with E-state index in [1.54, 1.807) is 0 Å². The molecular weight excluding hydrogens is 412 g/mol. The van der Waals surface area contributed by atoms with Crippen molar-refractivity contribution in [3.63, 3.8) is 0 Å². The van der Waals surface area contributed by atoms with Crippen molar-refractivity contribution < 1.29 is 36.9 Å². The zero-order valence-electron chi connectivity index (χ0n) is 14.0. The van der Waals surface area contributed by atoms with Gasteiger partial charge < -0.3 is 18.9 Å². The molecule has 0 aliphatic rings. The van der Waals surface area contributed by atoms with Gasteiger partial charge in [0.1, 0.15) is 17.2 Å². The molecule has 27 heavy (non-hydrogen) atoms. The normalized spacial score (nSPS) is 12.4. The van der Waals surface area contributed by atoms with Gasteiger partial charge in [0.2, 0.25) is 0 Å². The van der Waals surface area contributed by atoms with Gasteiger partial charge in [-0.2, -0.15) is 13.2 Å². The molecular formula is C17H13Cl2F3O5. The predicted molar refractivity (Wildman–Crippen MR) is 91.4 cm³/mol. The van der Waals surface area contributed by atoms with Gasteiger partial charge in [-0.05, 0) is 30.3 Å². The Balaban J connectivity index is 2.24. The molecule has 0 saturated heterocycles. The molecule has 0 aliphatic carbocycles. The fraction of sp³-hybridized carbons (Fsp3) is 0.235. The van der Waals surface area contributed by atoms with Crippen molar-refractivity contribution >= 4 is 29.2 Å². The maximum atomic E-state index is 12.7. The Kier molecular flexibility index (Phi) is 6.80. The van der Waals surface area contributed by atoms with E-state index in [1.807, 2.05) is 0 Å². The Morgan fingerprint density at radius 1 is 1.00 bits per heavy atom. The number of benzene rings is 2. The smallest absolute Gasteiger partial charge is 0.416 e. The summed E-state index contributed by atoms with van der Waals surface area (Å²) in [6, 6.07) is 6.87. The molecule has 0 bridgehead atoms. The third kappa shape index (κ3) is 5.41. The zero-order chi connectivity index (χ0) is 20.2. The van der Waals surface area contributed by atoms with E-state index < -0.39 is 24.0 Å². The highest BCUT2D eigenvalue weighted by molar-refractivity contribution is 6.32. The van der Waals surface area contributed by atoms with Crippen LogP contribution in [0.2, 0.25) is 10.0 Å². The van der Waals surface area contributed by atoms with E-state index in [-0.39, 0.29) is 27.3 Å². The molecule has 0 saturated carbocycles. The van der Waals surface area contributed by atoms with Crippen molar-refractivity contribution in [1.82, 2.24) is 0 Å². The van der Waals surface area contributed by atoms with E-state index in [1.165, 1.54) is 25.3 Å². The summed E-state index contributed by atoms with van der Waals surface area (Å²) in [6.07, 6.45) is -5.88. The highest BCUT2D eigenvalue weighted by Gasteiger charge is 2.31. The van der Waals surface area contributed by atoms with Gasteiger partial charge in [0.15, 0.2) is 0 Å². The Morgan fingerprint density at radius 3 is 2.26 bits per heavy atom. The molecule has 2 aromatic carbocycles. The van der Waals surface area contributed by atoms with Crippen LogP contribution < -0.4 is 9.47 Å². The fourth-order valence-electron chi connectivity index (χ4n) is 1.93. The van der Waals surface area contributed by atoms with Gasteiger partial charge in [0.05, 0.1) is 22.7 Å². The number of halogens is 5. The fourth-order valence-corrected chi connectivity index (χ4v) is 2.31. The number of rotatable bonds is 6. The Bertz CT molecular complexity index is 827. The predicted octanol–water partition coefficient (Wildman–Crippen LogP) is 5.33. The Labute approximate surface area is 162 Å². The van der Waals surface area contributed by atoms with Crippen molar-refractivity contribution in [2.75, 3.05) is 14.2 Å². The maximum Gasteiger partial charge on any atom is 0.416 e. The summed E-state index contributed by atoms with van der Waals surface area (Å²) in [7, 11) is 2.39. The van der Waals surface area contributed by atoms with Crippen LogP contribution in [0, 0.1) is 0 Å². The lowest BCUT2D eigenvalue weighted by molar-refractivity contribution is -0.170. The van der Waals surface area contributed by atoms with E-state index in [0.29, 0.717) is 0 Å². The second kappa shape index (κ2) is 8.69. The lowest BCUT2D eigenvalue weighted by Gasteiger charge is -2.17. The van der Waals surface area contributed by atoms with Crippen LogP contribution in [0.5, 0.6) is 17.2 Å². The zero-order valence-corrected chi connectivity index (χ0v) is 15.5. The van der Waals surface area contributed by atoms with Crippen molar-refractivity contribution in [3.8, 4) is 17.2 Å². The SMILES string of the molecule is COC(=O)C(OC)Oc1cc(Oc2ccc(C(F)(F)F)cc2Cl)ccc1Cl. The van der Waals surface area contributed by atoms with Gasteiger partial charge in [-0.15, -0.1) is 0 Å². The highest BCUT2D eigenvalue weighted by Crippen LogP contribution is 2.38. The molecule has 2 aromatic rings. The molecule has 0 N–H and O–H groups in total. The minimum atomic E-state index is -4.52. The second-order valence-corrected chi connectivity index (χ2v) is 5.86. The Morgan fingerprint density at radius 2 is 1.70 bits per heavy atom. The first-order chi connectivity index (χ1) is 12.7. The molecule has 1 unspecified atom stereocenters. The third-order valence-electron chi connectivity index (χ3n) is 3.23. The van der Waals surface area contributed by atoms with Gasteiger partial charge in [0.25, 0.3) is 6.29 Å². The van der Waals surface area contributed by atoms with Crippen LogP contribution in [0.25, 0.3) is 0 Å². The molecule has 0 aliphatic heterocycles. The summed E-state index contributed by atoms with van der Waals surface area (Å²) in [5.41, 5.74) is -0.902. The molecule has 146 valence electrons. The monoisotopic (exact) mass is 424 g/mol. The van der Waals surface area contributed by atoms with Gasteiger partial charge in [-0.3, -0.25) is 0 Å². The van der Waals surface area contributed by atoms with E-state index in [4.69, 9.17) is 37.4 Å². The van der Waals surface area contributed by atoms with Crippen molar-refractivity contribution in [2.24, 2.45) is 0 Å². The summed E-state index contributed by atoms with van der Waals surface area (Å²) in [6.45, 7) is 0. The Hall–Kier alpha value is -2.16. The molecule has 1 atom stereocenters. The lowest BCUT2D eigenvalue weighted by atomic mass is 10.2. The first-order valence-electron chi connectivity index (χ1n) is 7.27. The largest absolute Gasteiger partial charge is 0.464 e. The molecule has 0 radical (unpaired) electrons. The van der Waals surface area contributed by atoms with Crippen LogP contribution in [-0.2, 0) is 20.4 Å². The first kappa shape index (κ1) is 21.1. The summed E-state index contributed by atoms with van der Waals surface area (Å²) in [4.78, 5) is 11.5. The third-order valence-corrected chi connectivity index (χ3v) is 3.84. The summed E-state index contributed by atoms with van der Waals surface area (Å²) in [5.74, 6) is -0.593. The summed E-state index contributed by atoms with van der Waals surface area (Å²) >= 11 is 11.9. The van der Waals surface area contributed by atoms with Crippen LogP contribution in [-0.4, -0.2) is 26.5 Å². The minimum Gasteiger partial charge on any atom is -0.464 e. The van der Waals surface area contributed by atoms with E-state index in [0.717, 1.165) is 25.3 Å². The highest BCUT2D eigenvalue weighted by atomic mass is 35.5. The number of alkyl halides is 3. The number of hydrogen-bond donors (Lipinski definition) is 0. The molecule has 0 aromatic heterocycles. The molecule has 10 heteroatoms. The lowest BCUT2D eigenvalue weighted by Crippen LogP contribution is -2.30. The second-order valence-electron chi connectivity index (χ2n) is 5.05. The topological polar surface area (TPSA) is 54.0 Å². The van der Waals surface area contributed by atoms with Crippen LogP contribution >= 0.6 is 23.2 Å². The number of carbonyl (C=O) groups is 1. The van der Waals surface area contributed by atoms with E-state index >= 15 is 0 Å². The standard InChI is InChI=1S/C17H13Cl2F3O5/c1-24-15(23)16(25-2)27-14-8-10(4-5-11(14)18)26-13-6-3-9(7-12(13)19)17(20,21)22/h3-8,16H,1-2H3. The number of carbonyl (C=O) groups excluding carboxylic acids is 1. The van der Waals surface area contributed by atoms with Crippen LogP contribution in [0.15, 0.2) is 36.4 Å². The summed E-state index contributed by atoms with van der Waals surface area (Å²) < 4.78 is 58.3. The van der Waals surface area contributed by atoms with Crippen LogP contribution in [0.1, 0.15) is 5.56 Å². The molecule has 0 fully saturated rings. The number of methoxy groups -OCH3 is 2. The molecule has 0 amide bonds. The average molecular weight is 425 g/mol.